The SMILES string of the molecule is N=C(N)NCCC[C@H](NC(=O)[C@@H](Cc1ccc2ccccc2c1)NC(=O)CN1CCN(CC(=O)O)CCN(CC(=O)O)CCN(CC(=O)O)CC1)C(=O)N[C@@H](Cc1c[nH]c2ccccc12)C(=O)N[C@@H](CO)C(=O)N[C@@H](Cc1cnc[nH]1)C(=O)N[C@H](CCCNC(=N)N)C(=O)N[C@@H](Cc1c[nH]c2ccccc12)C(=O)N[C@@H](Cc1ccc(C(=O)c2ccccc2)cc1)C(=O)N1C[C@H](c2ccccc2)CC1C(=O)N(N)CC(N)=O. The Morgan fingerprint density at radius 3 is 1.33 bits per heavy atom. The summed E-state index contributed by atoms with van der Waals surface area (Å²) in [5, 5.41) is 87.7. The van der Waals surface area contributed by atoms with Crippen molar-refractivity contribution >= 4 is 133 Å². The maximum absolute atomic E-state index is 15.9. The fourth-order valence-electron chi connectivity index (χ4n) is 17.9. The van der Waals surface area contributed by atoms with Crippen LogP contribution in [-0.4, -0.2) is 336 Å². The Morgan fingerprint density at radius 2 is 0.849 bits per heavy atom. The van der Waals surface area contributed by atoms with Crippen LogP contribution in [0.2, 0.25) is 0 Å². The molecule has 11 amide bonds. The number of guanidine groups is 2. The molecule has 0 saturated carbocycles. The standard InChI is InChI=1S/C101H124N26O19/c102-85(129)54-127(107)99(146)84-48-70(63-15-3-1-4-16-63)53-126(84)98(145)82(44-61-27-31-66(32-28-61)90(137)65-18-5-2-6-19-65)120-94(141)79(46-68-50-111-74-23-11-9-21-72(68)74)117-92(139)77(26-14-34-110-101(105)106)116-96(143)81(49-71-52-108-60-113-71)119-97(144)83(59-128)121-95(142)80(47-69-51-112-75-24-12-10-22-73(69)75)118-91(138)76(25-13-33-109-100(103)104)115-93(140)78(45-62-29-30-64-17-7-8-20-67(64)43-62)114-86(130)55-122-35-37-123(56-87(131)132)39-41-125(58-89(135)136)42-40-124(38-36-122)57-88(133)134/h1-12,15-24,27-32,43,50-52,60,70,76-84,111-112,128H,13-14,25-26,33-42,44-49,53-59,107H2,(H2,102,129)(H,108,113)(H,114,130)(H,115,140)(H,116,143)(H,117,139)(H,118,138)(H,119,144)(H,120,141)(H,121,142)(H,131,132)(H,133,134)(H,135,136)(H4,103,104,109)(H4,105,106,110)/t70-,76+,77-,78-,79+,80+,81+,82+,83+,84?/m1/s1. The minimum Gasteiger partial charge on any atom is -0.480 e. The molecule has 3 aromatic heterocycles. The third kappa shape index (κ3) is 32.1. The molecule has 2 saturated heterocycles. The van der Waals surface area contributed by atoms with Crippen molar-refractivity contribution in [2.45, 2.75) is 125 Å². The number of fused-ring (bicyclic) bond motifs is 3. The number of aliphatic hydroxyl groups is 1. The number of nitrogens with one attached hydrogen (secondary N) is 15. The summed E-state index contributed by atoms with van der Waals surface area (Å²) in [4.78, 5) is 237. The number of carbonyl (C=O) groups excluding carboxylic acids is 12. The van der Waals surface area contributed by atoms with Gasteiger partial charge in [-0.05, 0) is 82.8 Å². The molecule has 7 aromatic carbocycles. The molecule has 45 nitrogen and oxygen atoms in total. The number of amides is 11. The number of likely N-dealkylation sites (tertiary alicyclic amines) is 1. The van der Waals surface area contributed by atoms with Crippen LogP contribution in [0.25, 0.3) is 32.6 Å². The predicted octanol–water partition coefficient (Wildman–Crippen LogP) is -1.29. The van der Waals surface area contributed by atoms with Crippen molar-refractivity contribution in [2.75, 3.05) is 111 Å². The number of hydrogen-bond acceptors (Lipinski definition) is 24. The molecule has 0 bridgehead atoms. The maximum atomic E-state index is 15.9. The molecule has 2 fully saturated rings. The summed E-state index contributed by atoms with van der Waals surface area (Å²) in [6.07, 6.45) is 3.87. The maximum Gasteiger partial charge on any atom is 0.317 e. The van der Waals surface area contributed by atoms with E-state index in [1.807, 2.05) is 48.5 Å². The number of nitrogens with two attached hydrogens (primary N) is 4. The fraction of sp³-hybridized carbons (Fsp3) is 0.366. The molecule has 12 rings (SSSR count). The average Bonchev–Trinajstić information content (AvgIpc) is 1.64. The summed E-state index contributed by atoms with van der Waals surface area (Å²) in [7, 11) is 0. The van der Waals surface area contributed by atoms with Crippen molar-refractivity contribution in [2.24, 2.45) is 23.0 Å². The van der Waals surface area contributed by atoms with E-state index in [-0.39, 0.29) is 141 Å². The average molecular weight is 2010 g/mol. The Bertz CT molecular complexity index is 6240. The number of H-pyrrole nitrogens is 3. The fourth-order valence-corrected chi connectivity index (χ4v) is 17.9. The van der Waals surface area contributed by atoms with E-state index in [0.29, 0.717) is 60.2 Å². The number of rotatable bonds is 49. The van der Waals surface area contributed by atoms with Gasteiger partial charge in [-0.15, -0.1) is 0 Å². The number of benzene rings is 7. The van der Waals surface area contributed by atoms with Gasteiger partial charge in [-0.1, -0.05) is 164 Å². The van der Waals surface area contributed by atoms with Crippen molar-refractivity contribution in [1.82, 2.24) is 103 Å². The molecule has 27 N–H and O–H groups in total. The molecule has 146 heavy (non-hydrogen) atoms. The monoisotopic (exact) mass is 2000 g/mol. The van der Waals surface area contributed by atoms with Crippen molar-refractivity contribution < 1.29 is 92.3 Å². The Labute approximate surface area is 839 Å². The molecule has 1 unspecified atom stereocenters. The number of ketones is 1. The van der Waals surface area contributed by atoms with Crippen LogP contribution in [0.5, 0.6) is 0 Å². The lowest BCUT2D eigenvalue weighted by Gasteiger charge is -2.33. The Balaban J connectivity index is 0.816. The third-order valence-corrected chi connectivity index (χ3v) is 25.5. The van der Waals surface area contributed by atoms with E-state index in [0.717, 1.165) is 16.3 Å². The molecule has 2 aliphatic heterocycles. The number of hydrazine groups is 1. The number of aliphatic carboxylic acids is 3. The molecule has 0 aliphatic carbocycles. The Kier molecular flexibility index (Phi) is 39.5. The van der Waals surface area contributed by atoms with E-state index >= 15 is 38.4 Å². The van der Waals surface area contributed by atoms with Crippen molar-refractivity contribution in [3.05, 3.63) is 245 Å². The zero-order valence-corrected chi connectivity index (χ0v) is 80.3. The molecule has 2 aliphatic rings. The summed E-state index contributed by atoms with van der Waals surface area (Å²) < 4.78 is 0. The Morgan fingerprint density at radius 1 is 0.438 bits per heavy atom. The van der Waals surface area contributed by atoms with Crippen molar-refractivity contribution in [3.63, 3.8) is 0 Å². The van der Waals surface area contributed by atoms with Gasteiger partial charge in [0.2, 0.25) is 59.1 Å². The number of hydrogen-bond donors (Lipinski definition) is 23. The van der Waals surface area contributed by atoms with Gasteiger partial charge < -0.3 is 111 Å². The van der Waals surface area contributed by atoms with E-state index in [1.54, 1.807) is 159 Å². The molecular weight excluding hydrogens is 1880 g/mol. The first kappa shape index (κ1) is 108. The number of carboxylic acids is 3. The minimum absolute atomic E-state index is 0.00770. The highest BCUT2D eigenvalue weighted by atomic mass is 16.4. The zero-order valence-electron chi connectivity index (χ0n) is 80.3. The van der Waals surface area contributed by atoms with Gasteiger partial charge in [0.1, 0.15) is 60.9 Å². The molecule has 45 heteroatoms. The number of para-hydroxylation sites is 2. The van der Waals surface area contributed by atoms with Crippen molar-refractivity contribution in [1.29, 1.82) is 10.8 Å². The van der Waals surface area contributed by atoms with E-state index < -0.39 is 201 Å². The normalized spacial score (nSPS) is 16.1. The second-order valence-corrected chi connectivity index (χ2v) is 36.2. The quantitative estimate of drug-likeness (QED) is 0.00401. The Hall–Kier alpha value is -16.4. The molecule has 0 radical (unpaired) electrons. The van der Waals surface area contributed by atoms with Gasteiger partial charge in [0.15, 0.2) is 17.7 Å². The highest BCUT2D eigenvalue weighted by molar-refractivity contribution is 6.09. The van der Waals surface area contributed by atoms with Crippen LogP contribution in [0.3, 0.4) is 0 Å². The number of aliphatic hydroxyl groups excluding tert-OH is 1. The molecular formula is C101H124N26O19. The number of primary amides is 1. The van der Waals surface area contributed by atoms with E-state index in [1.165, 1.54) is 17.4 Å². The first-order valence-corrected chi connectivity index (χ1v) is 47.8. The highest BCUT2D eigenvalue weighted by Crippen LogP contribution is 2.34. The molecule has 772 valence electrons. The van der Waals surface area contributed by atoms with Crippen LogP contribution in [0, 0.1) is 10.8 Å². The molecule has 10 aromatic rings. The van der Waals surface area contributed by atoms with E-state index in [4.69, 9.17) is 33.9 Å². The number of carbonyl (C=O) groups is 15. The van der Waals surface area contributed by atoms with Gasteiger partial charge in [-0.3, -0.25) is 107 Å². The van der Waals surface area contributed by atoms with Crippen LogP contribution < -0.4 is 76.2 Å². The number of aromatic nitrogens is 4. The summed E-state index contributed by atoms with van der Waals surface area (Å²) >= 11 is 0. The number of imidazole rings is 1. The lowest BCUT2D eigenvalue weighted by Crippen LogP contribution is -2.62. The highest BCUT2D eigenvalue weighted by Gasteiger charge is 2.46. The van der Waals surface area contributed by atoms with E-state index in [2.05, 4.69) is 73.1 Å². The van der Waals surface area contributed by atoms with Crippen molar-refractivity contribution in [3.8, 4) is 0 Å². The van der Waals surface area contributed by atoms with Gasteiger partial charge in [-0.2, -0.15) is 0 Å². The molecule has 5 heterocycles. The second kappa shape index (κ2) is 53.1. The zero-order chi connectivity index (χ0) is 104. The van der Waals surface area contributed by atoms with Crippen LogP contribution in [0.4, 0.5) is 0 Å². The van der Waals surface area contributed by atoms with Gasteiger partial charge >= 0.3 is 17.9 Å². The summed E-state index contributed by atoms with van der Waals surface area (Å²) in [6, 6.07) is 36.1. The first-order valence-electron chi connectivity index (χ1n) is 47.8. The second-order valence-electron chi connectivity index (χ2n) is 36.2. The lowest BCUT2D eigenvalue weighted by atomic mass is 9.96. The number of aromatic amines is 3. The lowest BCUT2D eigenvalue weighted by molar-refractivity contribution is -0.146. The minimum atomic E-state index is -1.96. The number of nitrogens with zero attached hydrogens (tertiary/aromatic N) is 7. The van der Waals surface area contributed by atoms with Crippen LogP contribution in [0.15, 0.2) is 201 Å². The largest absolute Gasteiger partial charge is 0.480 e. The van der Waals surface area contributed by atoms with Gasteiger partial charge in [-0.25, -0.2) is 10.8 Å². The topological polar surface area (TPSA) is 689 Å². The van der Waals surface area contributed by atoms with Crippen LogP contribution in [0.1, 0.15) is 87.5 Å². The number of carboxylic acid groups (broad SMARTS) is 3. The van der Waals surface area contributed by atoms with Crippen LogP contribution in [-0.2, 0) is 99.2 Å². The molecule has 0 spiro atoms. The summed E-state index contributed by atoms with van der Waals surface area (Å²) in [5.41, 5.74) is 21.8. The third-order valence-electron chi connectivity index (χ3n) is 25.5. The molecule has 10 atom stereocenters. The smallest absolute Gasteiger partial charge is 0.317 e. The van der Waals surface area contributed by atoms with Crippen LogP contribution >= 0.6 is 0 Å². The van der Waals surface area contributed by atoms with Gasteiger partial charge in [0, 0.05) is 167 Å². The van der Waals surface area contributed by atoms with E-state index in [9.17, 15) is 54.0 Å². The van der Waals surface area contributed by atoms with Gasteiger partial charge in [0.25, 0.3) is 5.91 Å². The summed E-state index contributed by atoms with van der Waals surface area (Å²) in [5.74, 6) is -9.37. The first-order chi connectivity index (χ1) is 70.2. The summed E-state index contributed by atoms with van der Waals surface area (Å²) in [6.45, 7) is -3.14. The van der Waals surface area contributed by atoms with Gasteiger partial charge in [0.05, 0.1) is 39.1 Å². The predicted molar refractivity (Wildman–Crippen MR) is 538 cm³/mol.